The highest BCUT2D eigenvalue weighted by Gasteiger charge is 2.20. The summed E-state index contributed by atoms with van der Waals surface area (Å²) in [4.78, 5) is 2.22. The van der Waals surface area contributed by atoms with Crippen LogP contribution in [0.5, 0.6) is 5.75 Å². The van der Waals surface area contributed by atoms with Crippen molar-refractivity contribution in [3.8, 4) is 5.75 Å². The number of halogens is 2. The van der Waals surface area contributed by atoms with Gasteiger partial charge < -0.3 is 15.0 Å². The Morgan fingerprint density at radius 2 is 1.93 bits per heavy atom. The second-order valence-corrected chi connectivity index (χ2v) is 8.20. The van der Waals surface area contributed by atoms with Crippen LogP contribution in [0, 0.1) is 6.92 Å². The Balaban J connectivity index is 1.89. The average molecular weight is 411 g/mol. The van der Waals surface area contributed by atoms with Crippen LogP contribution in [0.25, 0.3) is 0 Å². The van der Waals surface area contributed by atoms with Crippen LogP contribution in [-0.2, 0) is 10.0 Å². The van der Waals surface area contributed by atoms with Gasteiger partial charge in [0, 0.05) is 25.3 Å². The van der Waals surface area contributed by atoms with Crippen molar-refractivity contribution in [3.05, 3.63) is 48.0 Å². The van der Waals surface area contributed by atoms with Gasteiger partial charge in [-0.25, -0.2) is 8.42 Å². The van der Waals surface area contributed by atoms with Crippen LogP contribution in [-0.4, -0.2) is 41.2 Å². The van der Waals surface area contributed by atoms with E-state index in [2.05, 4.69) is 19.7 Å². The van der Waals surface area contributed by atoms with Gasteiger partial charge in [-0.15, -0.1) is 0 Å². The number of anilines is 2. The number of sulfonamides is 1. The summed E-state index contributed by atoms with van der Waals surface area (Å²) in [6, 6.07) is 10.6. The van der Waals surface area contributed by atoms with Crippen molar-refractivity contribution in [1.82, 2.24) is 5.32 Å². The molecule has 2 N–H and O–H groups in total. The van der Waals surface area contributed by atoms with Gasteiger partial charge in [0.25, 0.3) is 10.0 Å². The van der Waals surface area contributed by atoms with Gasteiger partial charge in [0.05, 0.1) is 10.6 Å². The number of nitrogens with zero attached hydrogens (tertiary/aromatic N) is 1. The lowest BCUT2D eigenvalue weighted by Gasteiger charge is -2.25. The Morgan fingerprint density at radius 3 is 2.71 bits per heavy atom. The van der Waals surface area contributed by atoms with E-state index in [-0.39, 0.29) is 16.3 Å². The highest BCUT2D eigenvalue weighted by Crippen LogP contribution is 2.30. The lowest BCUT2D eigenvalue weighted by Crippen LogP contribution is -2.28. The molecule has 6 nitrogen and oxygen atoms in total. The summed E-state index contributed by atoms with van der Waals surface area (Å²) < 4.78 is 57.7. The van der Waals surface area contributed by atoms with Crippen LogP contribution in [0.2, 0.25) is 0 Å². The maximum atomic E-state index is 12.9. The molecule has 1 heterocycles. The summed E-state index contributed by atoms with van der Waals surface area (Å²) in [7, 11) is -3.98. The number of para-hydroxylation sites is 2. The summed E-state index contributed by atoms with van der Waals surface area (Å²) in [6.45, 7) is 2.25. The van der Waals surface area contributed by atoms with Crippen molar-refractivity contribution in [2.45, 2.75) is 24.9 Å². The highest BCUT2D eigenvalue weighted by atomic mass is 32.2. The molecule has 3 rings (SSSR count). The largest absolute Gasteiger partial charge is 0.433 e. The minimum absolute atomic E-state index is 0.0381. The number of benzene rings is 2. The molecule has 1 aliphatic heterocycles. The molecule has 2 aromatic rings. The van der Waals surface area contributed by atoms with Crippen LogP contribution in [0.15, 0.2) is 47.4 Å². The fraction of sp³-hybridized carbons (Fsp3) is 0.368. The zero-order chi connectivity index (χ0) is 20.1. The van der Waals surface area contributed by atoms with Crippen LogP contribution in [0.4, 0.5) is 20.2 Å². The van der Waals surface area contributed by atoms with Crippen LogP contribution >= 0.6 is 0 Å². The second kappa shape index (κ2) is 8.74. The first-order chi connectivity index (χ1) is 13.4. The molecule has 1 saturated heterocycles. The average Bonchev–Trinajstić information content (AvgIpc) is 2.92. The molecule has 0 unspecified atom stereocenters. The first-order valence-corrected chi connectivity index (χ1v) is 10.5. The molecule has 0 spiro atoms. The molecule has 0 bridgehead atoms. The molecule has 0 atom stereocenters. The van der Waals surface area contributed by atoms with Crippen molar-refractivity contribution in [3.63, 3.8) is 0 Å². The van der Waals surface area contributed by atoms with E-state index >= 15 is 0 Å². The SMILES string of the molecule is Cc1ccc(S(=O)(=O)Nc2ccccc2OC(F)F)cc1N1CCCNCC1. The molecule has 9 heteroatoms. The summed E-state index contributed by atoms with van der Waals surface area (Å²) in [5.41, 5.74) is 1.79. The van der Waals surface area contributed by atoms with E-state index in [1.54, 1.807) is 18.2 Å². The number of nitrogens with one attached hydrogen (secondary N) is 2. The van der Waals surface area contributed by atoms with Crippen LogP contribution < -0.4 is 19.7 Å². The van der Waals surface area contributed by atoms with Crippen molar-refractivity contribution in [2.75, 3.05) is 35.8 Å². The van der Waals surface area contributed by atoms with E-state index in [4.69, 9.17) is 0 Å². The van der Waals surface area contributed by atoms with Crippen molar-refractivity contribution >= 4 is 21.4 Å². The minimum atomic E-state index is -3.98. The summed E-state index contributed by atoms with van der Waals surface area (Å²) >= 11 is 0. The van der Waals surface area contributed by atoms with E-state index in [9.17, 15) is 17.2 Å². The summed E-state index contributed by atoms with van der Waals surface area (Å²) in [6.07, 6.45) is 0.965. The molecule has 0 aliphatic carbocycles. The van der Waals surface area contributed by atoms with Gasteiger partial charge >= 0.3 is 6.61 Å². The third-order valence-electron chi connectivity index (χ3n) is 4.52. The molecule has 0 amide bonds. The van der Waals surface area contributed by atoms with Crippen LogP contribution in [0.1, 0.15) is 12.0 Å². The van der Waals surface area contributed by atoms with E-state index in [0.717, 1.165) is 43.9 Å². The van der Waals surface area contributed by atoms with Crippen molar-refractivity contribution in [1.29, 1.82) is 0 Å². The van der Waals surface area contributed by atoms with Crippen molar-refractivity contribution in [2.24, 2.45) is 0 Å². The quantitative estimate of drug-likeness (QED) is 0.764. The van der Waals surface area contributed by atoms with Crippen LogP contribution in [0.3, 0.4) is 0 Å². The van der Waals surface area contributed by atoms with Crippen molar-refractivity contribution < 1.29 is 21.9 Å². The number of hydrogen-bond acceptors (Lipinski definition) is 5. The monoisotopic (exact) mass is 411 g/mol. The zero-order valence-corrected chi connectivity index (χ0v) is 16.3. The maximum Gasteiger partial charge on any atom is 0.387 e. The van der Waals surface area contributed by atoms with Gasteiger partial charge in [0.2, 0.25) is 0 Å². The highest BCUT2D eigenvalue weighted by molar-refractivity contribution is 7.92. The third-order valence-corrected chi connectivity index (χ3v) is 5.88. The molecule has 0 radical (unpaired) electrons. The number of alkyl halides is 2. The lowest BCUT2D eigenvalue weighted by molar-refractivity contribution is -0.0493. The standard InChI is InChI=1S/C19H23F2N3O3S/c1-14-7-8-15(13-17(14)24-11-4-9-22-10-12-24)28(25,26)23-16-5-2-3-6-18(16)27-19(20)21/h2-3,5-8,13,19,22-23H,4,9-12H2,1H3. The Morgan fingerprint density at radius 1 is 1.14 bits per heavy atom. The predicted molar refractivity (Wildman–Crippen MR) is 105 cm³/mol. The molecule has 0 aromatic heterocycles. The predicted octanol–water partition coefficient (Wildman–Crippen LogP) is 3.20. The maximum absolute atomic E-state index is 12.9. The number of aryl methyl sites for hydroxylation is 1. The second-order valence-electron chi connectivity index (χ2n) is 6.52. The van der Waals surface area contributed by atoms with Gasteiger partial charge in [0.15, 0.2) is 0 Å². The molecule has 1 aliphatic rings. The summed E-state index contributed by atoms with van der Waals surface area (Å²) in [5.74, 6) is -0.230. The normalized spacial score (nSPS) is 15.4. The van der Waals surface area contributed by atoms with Gasteiger partial charge in [0.1, 0.15) is 5.75 Å². The number of rotatable bonds is 6. The first kappa shape index (κ1) is 20.3. The van der Waals surface area contributed by atoms with Gasteiger partial charge in [-0.3, -0.25) is 4.72 Å². The fourth-order valence-corrected chi connectivity index (χ4v) is 4.23. The van der Waals surface area contributed by atoms with E-state index in [1.807, 2.05) is 6.92 Å². The molecule has 1 fully saturated rings. The smallest absolute Gasteiger partial charge is 0.387 e. The molecular formula is C19H23F2N3O3S. The van der Waals surface area contributed by atoms with Gasteiger partial charge in [-0.1, -0.05) is 18.2 Å². The number of hydrogen-bond donors (Lipinski definition) is 2. The topological polar surface area (TPSA) is 70.7 Å². The molecule has 152 valence electrons. The first-order valence-electron chi connectivity index (χ1n) is 9.00. The summed E-state index contributed by atoms with van der Waals surface area (Å²) in [5, 5.41) is 3.32. The van der Waals surface area contributed by atoms with E-state index in [1.165, 1.54) is 24.3 Å². The Kier molecular flexibility index (Phi) is 6.35. The van der Waals surface area contributed by atoms with E-state index in [0.29, 0.717) is 0 Å². The number of ether oxygens (including phenoxy) is 1. The molecule has 28 heavy (non-hydrogen) atoms. The fourth-order valence-electron chi connectivity index (χ4n) is 3.14. The lowest BCUT2D eigenvalue weighted by atomic mass is 10.1. The zero-order valence-electron chi connectivity index (χ0n) is 15.5. The Bertz CT molecular complexity index is 914. The Labute approximate surface area is 163 Å². The third kappa shape index (κ3) is 4.90. The molecule has 0 saturated carbocycles. The molecular weight excluding hydrogens is 388 g/mol. The van der Waals surface area contributed by atoms with E-state index < -0.39 is 16.6 Å². The van der Waals surface area contributed by atoms with Gasteiger partial charge in [-0.05, 0) is 49.7 Å². The Hall–Kier alpha value is -2.39. The van der Waals surface area contributed by atoms with Gasteiger partial charge in [-0.2, -0.15) is 8.78 Å². The minimum Gasteiger partial charge on any atom is -0.433 e. The molecule has 2 aromatic carbocycles.